The van der Waals surface area contributed by atoms with Gasteiger partial charge < -0.3 is 4.74 Å². The van der Waals surface area contributed by atoms with Crippen LogP contribution in [0.1, 0.15) is 24.3 Å². The molecular formula is C10H13NO. The number of hydrogen-bond donors (Lipinski definition) is 1. The predicted octanol–water partition coefficient (Wildman–Crippen LogP) is 1.82. The van der Waals surface area contributed by atoms with Gasteiger partial charge in [0.25, 0.3) is 0 Å². The third kappa shape index (κ3) is 1.24. The lowest BCUT2D eigenvalue weighted by molar-refractivity contribution is 0.0449. The number of benzene rings is 1. The van der Waals surface area contributed by atoms with E-state index in [-0.39, 0.29) is 6.23 Å². The third-order valence-corrected chi connectivity index (χ3v) is 2.15. The van der Waals surface area contributed by atoms with Gasteiger partial charge in [-0.1, -0.05) is 24.3 Å². The van der Waals surface area contributed by atoms with Crippen molar-refractivity contribution in [2.75, 3.05) is 6.61 Å². The van der Waals surface area contributed by atoms with E-state index >= 15 is 0 Å². The molecule has 1 N–H and O–H groups in total. The Morgan fingerprint density at radius 2 is 2.33 bits per heavy atom. The fourth-order valence-corrected chi connectivity index (χ4v) is 1.58. The molecule has 2 rings (SSSR count). The first-order chi connectivity index (χ1) is 5.92. The van der Waals surface area contributed by atoms with Gasteiger partial charge in [-0.3, -0.25) is 5.32 Å². The highest BCUT2D eigenvalue weighted by Gasteiger charge is 2.20. The molecule has 0 saturated carbocycles. The first-order valence-corrected chi connectivity index (χ1v) is 4.34. The van der Waals surface area contributed by atoms with Crippen LogP contribution in [-0.4, -0.2) is 6.61 Å². The Labute approximate surface area is 72.5 Å². The monoisotopic (exact) mass is 163 g/mol. The van der Waals surface area contributed by atoms with E-state index < -0.39 is 0 Å². The Morgan fingerprint density at radius 1 is 1.50 bits per heavy atom. The van der Waals surface area contributed by atoms with E-state index in [0.717, 1.165) is 13.2 Å². The number of ether oxygens (including phenoxy) is 1. The van der Waals surface area contributed by atoms with Gasteiger partial charge >= 0.3 is 0 Å². The van der Waals surface area contributed by atoms with Crippen molar-refractivity contribution in [3.05, 3.63) is 35.4 Å². The molecule has 64 valence electrons. The summed E-state index contributed by atoms with van der Waals surface area (Å²) in [7, 11) is 0. The summed E-state index contributed by atoms with van der Waals surface area (Å²) in [6.07, 6.45) is 0.117. The van der Waals surface area contributed by atoms with Gasteiger partial charge in [0.2, 0.25) is 0 Å². The molecule has 0 aliphatic carbocycles. The van der Waals surface area contributed by atoms with Gasteiger partial charge in [-0.15, -0.1) is 0 Å². The SMILES string of the molecule is CCOC1NCc2ccccc21. The Hall–Kier alpha value is -0.860. The van der Waals surface area contributed by atoms with Gasteiger partial charge in [-0.2, -0.15) is 0 Å². The molecule has 0 radical (unpaired) electrons. The first-order valence-electron chi connectivity index (χ1n) is 4.34. The molecule has 0 bridgehead atoms. The van der Waals surface area contributed by atoms with Crippen molar-refractivity contribution < 1.29 is 4.74 Å². The van der Waals surface area contributed by atoms with E-state index in [0.29, 0.717) is 0 Å². The highest BCUT2D eigenvalue weighted by molar-refractivity contribution is 5.32. The van der Waals surface area contributed by atoms with E-state index in [1.807, 2.05) is 6.92 Å². The van der Waals surface area contributed by atoms with Crippen LogP contribution in [0.3, 0.4) is 0 Å². The summed E-state index contributed by atoms with van der Waals surface area (Å²) < 4.78 is 5.52. The summed E-state index contributed by atoms with van der Waals surface area (Å²) in [5.74, 6) is 0. The van der Waals surface area contributed by atoms with E-state index in [1.165, 1.54) is 11.1 Å². The lowest BCUT2D eigenvalue weighted by atomic mass is 10.1. The fraction of sp³-hybridized carbons (Fsp3) is 0.400. The fourth-order valence-electron chi connectivity index (χ4n) is 1.58. The number of hydrogen-bond acceptors (Lipinski definition) is 2. The van der Waals surface area contributed by atoms with Crippen molar-refractivity contribution in [1.82, 2.24) is 5.32 Å². The Morgan fingerprint density at radius 3 is 3.17 bits per heavy atom. The van der Waals surface area contributed by atoms with E-state index in [2.05, 4.69) is 29.6 Å². The number of nitrogens with one attached hydrogen (secondary N) is 1. The van der Waals surface area contributed by atoms with Crippen LogP contribution >= 0.6 is 0 Å². The van der Waals surface area contributed by atoms with Crippen molar-refractivity contribution in [2.45, 2.75) is 19.7 Å². The second-order valence-corrected chi connectivity index (χ2v) is 2.92. The molecule has 1 aliphatic rings. The van der Waals surface area contributed by atoms with Gasteiger partial charge in [0.1, 0.15) is 6.23 Å². The maximum Gasteiger partial charge on any atom is 0.134 e. The average molecular weight is 163 g/mol. The molecular weight excluding hydrogens is 150 g/mol. The number of fused-ring (bicyclic) bond motifs is 1. The molecule has 1 unspecified atom stereocenters. The molecule has 1 aromatic rings. The van der Waals surface area contributed by atoms with E-state index in [4.69, 9.17) is 4.74 Å². The van der Waals surface area contributed by atoms with Crippen LogP contribution in [0.5, 0.6) is 0 Å². The van der Waals surface area contributed by atoms with Crippen LogP contribution in [0.15, 0.2) is 24.3 Å². The summed E-state index contributed by atoms with van der Waals surface area (Å²) >= 11 is 0. The summed E-state index contributed by atoms with van der Waals surface area (Å²) in [6.45, 7) is 3.70. The van der Waals surface area contributed by atoms with Crippen molar-refractivity contribution in [3.63, 3.8) is 0 Å². The van der Waals surface area contributed by atoms with Crippen molar-refractivity contribution in [3.8, 4) is 0 Å². The Kier molecular flexibility index (Phi) is 2.11. The van der Waals surface area contributed by atoms with Gasteiger partial charge in [0.05, 0.1) is 0 Å². The van der Waals surface area contributed by atoms with Gasteiger partial charge in [-0.05, 0) is 18.1 Å². The molecule has 1 aromatic carbocycles. The zero-order valence-corrected chi connectivity index (χ0v) is 7.21. The van der Waals surface area contributed by atoms with Crippen LogP contribution < -0.4 is 5.32 Å². The van der Waals surface area contributed by atoms with Crippen LogP contribution in [0.25, 0.3) is 0 Å². The van der Waals surface area contributed by atoms with Gasteiger partial charge in [0, 0.05) is 13.2 Å². The standard InChI is InChI=1S/C10H13NO/c1-2-12-10-9-6-4-3-5-8(9)7-11-10/h3-6,10-11H,2,7H2,1H3. The highest BCUT2D eigenvalue weighted by atomic mass is 16.5. The molecule has 2 nitrogen and oxygen atoms in total. The van der Waals surface area contributed by atoms with Crippen molar-refractivity contribution in [1.29, 1.82) is 0 Å². The molecule has 0 aromatic heterocycles. The molecule has 1 atom stereocenters. The summed E-state index contributed by atoms with van der Waals surface area (Å²) in [5, 5.41) is 3.30. The van der Waals surface area contributed by atoms with Crippen molar-refractivity contribution >= 4 is 0 Å². The average Bonchev–Trinajstić information content (AvgIpc) is 2.50. The number of rotatable bonds is 2. The zero-order valence-electron chi connectivity index (χ0n) is 7.21. The lowest BCUT2D eigenvalue weighted by Crippen LogP contribution is -2.15. The Bertz CT molecular complexity index is 270. The minimum atomic E-state index is 0.117. The Balaban J connectivity index is 2.24. The summed E-state index contributed by atoms with van der Waals surface area (Å²) in [4.78, 5) is 0. The van der Waals surface area contributed by atoms with Crippen LogP contribution in [0.2, 0.25) is 0 Å². The van der Waals surface area contributed by atoms with E-state index in [9.17, 15) is 0 Å². The molecule has 2 heteroatoms. The van der Waals surface area contributed by atoms with Gasteiger partial charge in [-0.25, -0.2) is 0 Å². The quantitative estimate of drug-likeness (QED) is 0.718. The molecule has 0 saturated heterocycles. The topological polar surface area (TPSA) is 21.3 Å². The maximum atomic E-state index is 5.52. The summed E-state index contributed by atoms with van der Waals surface area (Å²) in [5.41, 5.74) is 2.65. The molecule has 0 spiro atoms. The second-order valence-electron chi connectivity index (χ2n) is 2.92. The van der Waals surface area contributed by atoms with Crippen LogP contribution in [0.4, 0.5) is 0 Å². The first kappa shape index (κ1) is 7.77. The highest BCUT2D eigenvalue weighted by Crippen LogP contribution is 2.25. The maximum absolute atomic E-state index is 5.52. The molecule has 0 amide bonds. The van der Waals surface area contributed by atoms with Crippen LogP contribution in [0, 0.1) is 0 Å². The summed E-state index contributed by atoms with van der Waals surface area (Å²) in [6, 6.07) is 8.38. The molecule has 1 heterocycles. The smallest absolute Gasteiger partial charge is 0.134 e. The zero-order chi connectivity index (χ0) is 8.39. The van der Waals surface area contributed by atoms with E-state index in [1.54, 1.807) is 0 Å². The molecule has 1 aliphatic heterocycles. The molecule has 12 heavy (non-hydrogen) atoms. The second kappa shape index (κ2) is 3.25. The molecule has 0 fully saturated rings. The normalized spacial score (nSPS) is 20.9. The van der Waals surface area contributed by atoms with Gasteiger partial charge in [0.15, 0.2) is 0 Å². The lowest BCUT2D eigenvalue weighted by Gasteiger charge is -2.10. The minimum absolute atomic E-state index is 0.117. The van der Waals surface area contributed by atoms with Crippen molar-refractivity contribution in [2.24, 2.45) is 0 Å². The predicted molar refractivity (Wildman–Crippen MR) is 47.6 cm³/mol. The van der Waals surface area contributed by atoms with Crippen LogP contribution in [-0.2, 0) is 11.3 Å². The third-order valence-electron chi connectivity index (χ3n) is 2.15. The largest absolute Gasteiger partial charge is 0.359 e. The minimum Gasteiger partial charge on any atom is -0.359 e.